The number of carbonyl (C=O) groups excluding carboxylic acids is 1. The van der Waals surface area contributed by atoms with Crippen LogP contribution in [0.4, 0.5) is 4.79 Å². The van der Waals surface area contributed by atoms with Crippen LogP contribution in [-0.4, -0.2) is 99.0 Å². The molecule has 0 aliphatic carbocycles. The Morgan fingerprint density at radius 1 is 1.04 bits per heavy atom. The van der Waals surface area contributed by atoms with E-state index < -0.39 is 10.0 Å². The lowest BCUT2D eigenvalue weighted by Crippen LogP contribution is -2.45. The lowest BCUT2D eigenvalue weighted by atomic mass is 10.1. The molecule has 0 aromatic heterocycles. The van der Waals surface area contributed by atoms with E-state index in [1.165, 1.54) is 0 Å². The molecule has 0 bridgehead atoms. The van der Waals surface area contributed by atoms with E-state index in [0.717, 1.165) is 19.3 Å². The van der Waals surface area contributed by atoms with Gasteiger partial charge in [-0.15, -0.1) is 0 Å². The van der Waals surface area contributed by atoms with E-state index in [1.54, 1.807) is 23.3 Å². The Hall–Kier alpha value is -0.900. The van der Waals surface area contributed by atoms with Crippen molar-refractivity contribution in [3.8, 4) is 0 Å². The molecule has 9 heteroatoms. The molecule has 2 aliphatic heterocycles. The normalized spacial score (nSPS) is 23.4. The Balaban J connectivity index is 1.71. The molecule has 164 valence electrons. The number of nitrogens with zero attached hydrogens (tertiary/aromatic N) is 3. The zero-order valence-electron chi connectivity index (χ0n) is 18.0. The number of rotatable bonds is 8. The van der Waals surface area contributed by atoms with Gasteiger partial charge in [0.15, 0.2) is 0 Å². The first-order valence-corrected chi connectivity index (χ1v) is 11.9. The Morgan fingerprint density at radius 3 is 2.21 bits per heavy atom. The van der Waals surface area contributed by atoms with E-state index in [2.05, 4.69) is 0 Å². The lowest BCUT2D eigenvalue weighted by molar-refractivity contribution is -0.0312. The van der Waals surface area contributed by atoms with Gasteiger partial charge < -0.3 is 19.3 Å². The maximum atomic E-state index is 12.6. The summed E-state index contributed by atoms with van der Waals surface area (Å²) in [5.41, 5.74) is 0. The van der Waals surface area contributed by atoms with Gasteiger partial charge in [-0.05, 0) is 46.5 Å². The summed E-state index contributed by atoms with van der Waals surface area (Å²) in [4.78, 5) is 15.4. The average molecular weight is 420 g/mol. The number of amides is 2. The predicted molar refractivity (Wildman–Crippen MR) is 109 cm³/mol. The van der Waals surface area contributed by atoms with Crippen LogP contribution in [0, 0.1) is 0 Å². The van der Waals surface area contributed by atoms with Gasteiger partial charge in [-0.1, -0.05) is 0 Å². The molecule has 2 unspecified atom stereocenters. The Kier molecular flexibility index (Phi) is 8.54. The maximum Gasteiger partial charge on any atom is 0.319 e. The molecule has 2 fully saturated rings. The Bertz CT molecular complexity index is 603. The average Bonchev–Trinajstić information content (AvgIpc) is 3.09. The summed E-state index contributed by atoms with van der Waals surface area (Å²) in [6.07, 6.45) is 2.88. The van der Waals surface area contributed by atoms with Gasteiger partial charge in [0, 0.05) is 40.3 Å². The molecule has 2 heterocycles. The van der Waals surface area contributed by atoms with E-state index >= 15 is 0 Å². The molecular weight excluding hydrogens is 382 g/mol. The van der Waals surface area contributed by atoms with Gasteiger partial charge >= 0.3 is 6.03 Å². The van der Waals surface area contributed by atoms with Crippen molar-refractivity contribution in [3.63, 3.8) is 0 Å². The third kappa shape index (κ3) is 6.86. The molecule has 0 N–H and O–H groups in total. The third-order valence-electron chi connectivity index (χ3n) is 5.27. The molecule has 2 saturated heterocycles. The van der Waals surface area contributed by atoms with Crippen molar-refractivity contribution in [1.82, 2.24) is 14.1 Å². The van der Waals surface area contributed by atoms with Crippen LogP contribution in [0.1, 0.15) is 46.5 Å². The van der Waals surface area contributed by atoms with Gasteiger partial charge in [-0.25, -0.2) is 13.2 Å². The number of likely N-dealkylation sites (tertiary alicyclic amines) is 1. The van der Waals surface area contributed by atoms with Gasteiger partial charge in [-0.3, -0.25) is 0 Å². The summed E-state index contributed by atoms with van der Waals surface area (Å²) in [6.45, 7) is 8.21. The molecule has 0 radical (unpaired) electrons. The molecule has 8 nitrogen and oxygen atoms in total. The van der Waals surface area contributed by atoms with Gasteiger partial charge in [0.1, 0.15) is 0 Å². The van der Waals surface area contributed by atoms with Crippen molar-refractivity contribution in [2.75, 3.05) is 46.0 Å². The summed E-state index contributed by atoms with van der Waals surface area (Å²) in [6, 6.07) is 0.0305. The van der Waals surface area contributed by atoms with Crippen molar-refractivity contribution in [2.45, 2.75) is 70.9 Å². The van der Waals surface area contributed by atoms with Crippen LogP contribution in [0.3, 0.4) is 0 Å². The predicted octanol–water partition coefficient (Wildman–Crippen LogP) is 1.76. The summed E-state index contributed by atoms with van der Waals surface area (Å²) in [7, 11) is 0.231. The Morgan fingerprint density at radius 2 is 1.64 bits per heavy atom. The van der Waals surface area contributed by atoms with E-state index in [-0.39, 0.29) is 36.2 Å². The van der Waals surface area contributed by atoms with Gasteiger partial charge in [0.05, 0.1) is 30.2 Å². The SMILES string of the molecule is CC(C)OC1CCN(S(=O)(=O)CCC(C)OC2CCN(C(=O)N(C)C)CC2)C1. The first-order chi connectivity index (χ1) is 13.1. The maximum absolute atomic E-state index is 12.6. The third-order valence-corrected chi connectivity index (χ3v) is 7.14. The first kappa shape index (κ1) is 23.4. The van der Waals surface area contributed by atoms with Gasteiger partial charge in [-0.2, -0.15) is 4.31 Å². The number of hydrogen-bond donors (Lipinski definition) is 0. The minimum atomic E-state index is -3.28. The molecule has 0 spiro atoms. The molecule has 2 atom stereocenters. The zero-order chi connectivity index (χ0) is 20.9. The van der Waals surface area contributed by atoms with Crippen LogP contribution in [0.25, 0.3) is 0 Å². The number of ether oxygens (including phenoxy) is 2. The molecular formula is C19H37N3O5S. The fraction of sp³-hybridized carbons (Fsp3) is 0.947. The molecule has 0 aromatic rings. The van der Waals surface area contributed by atoms with Crippen LogP contribution in [-0.2, 0) is 19.5 Å². The second-order valence-corrected chi connectivity index (χ2v) is 10.5. The highest BCUT2D eigenvalue weighted by molar-refractivity contribution is 7.89. The topological polar surface area (TPSA) is 79.4 Å². The van der Waals surface area contributed by atoms with Crippen LogP contribution < -0.4 is 0 Å². The molecule has 0 saturated carbocycles. The van der Waals surface area contributed by atoms with Crippen molar-refractivity contribution in [2.24, 2.45) is 0 Å². The fourth-order valence-corrected chi connectivity index (χ4v) is 5.42. The molecule has 0 aromatic carbocycles. The zero-order valence-corrected chi connectivity index (χ0v) is 18.8. The van der Waals surface area contributed by atoms with Crippen LogP contribution in [0.5, 0.6) is 0 Å². The van der Waals surface area contributed by atoms with Crippen molar-refractivity contribution in [3.05, 3.63) is 0 Å². The second-order valence-electron chi connectivity index (χ2n) is 8.37. The Labute approximate surface area is 170 Å². The highest BCUT2D eigenvalue weighted by Gasteiger charge is 2.32. The number of carbonyl (C=O) groups is 1. The lowest BCUT2D eigenvalue weighted by Gasteiger charge is -2.34. The van der Waals surface area contributed by atoms with Crippen LogP contribution in [0.2, 0.25) is 0 Å². The highest BCUT2D eigenvalue weighted by atomic mass is 32.2. The monoisotopic (exact) mass is 419 g/mol. The van der Waals surface area contributed by atoms with Crippen molar-refractivity contribution in [1.29, 1.82) is 0 Å². The van der Waals surface area contributed by atoms with Gasteiger partial charge in [0.2, 0.25) is 10.0 Å². The largest absolute Gasteiger partial charge is 0.375 e. The van der Waals surface area contributed by atoms with E-state index in [4.69, 9.17) is 9.47 Å². The molecule has 2 aliphatic rings. The minimum Gasteiger partial charge on any atom is -0.375 e. The van der Waals surface area contributed by atoms with Crippen LogP contribution >= 0.6 is 0 Å². The quantitative estimate of drug-likeness (QED) is 0.599. The minimum absolute atomic E-state index is 0.00138. The second kappa shape index (κ2) is 10.2. The first-order valence-electron chi connectivity index (χ1n) is 10.3. The standard InChI is InChI=1S/C19H37N3O5S/c1-15(2)26-18-8-12-22(14-18)28(24,25)13-9-16(3)27-17-6-10-21(11-7-17)19(23)20(4)5/h15-18H,6-14H2,1-5H3. The summed E-state index contributed by atoms with van der Waals surface area (Å²) in [5, 5.41) is 0. The summed E-state index contributed by atoms with van der Waals surface area (Å²) >= 11 is 0. The number of sulfonamides is 1. The van der Waals surface area contributed by atoms with E-state index in [9.17, 15) is 13.2 Å². The fourth-order valence-electron chi connectivity index (χ4n) is 3.75. The van der Waals surface area contributed by atoms with E-state index in [0.29, 0.717) is 32.6 Å². The van der Waals surface area contributed by atoms with Crippen molar-refractivity contribution < 1.29 is 22.7 Å². The number of piperidine rings is 1. The number of urea groups is 1. The highest BCUT2D eigenvalue weighted by Crippen LogP contribution is 2.21. The summed E-state index contributed by atoms with van der Waals surface area (Å²) in [5.74, 6) is 0.0977. The molecule has 28 heavy (non-hydrogen) atoms. The molecule has 2 rings (SSSR count). The van der Waals surface area contributed by atoms with E-state index in [1.807, 2.05) is 25.7 Å². The van der Waals surface area contributed by atoms with Crippen LogP contribution in [0.15, 0.2) is 0 Å². The molecule has 2 amide bonds. The summed E-state index contributed by atoms with van der Waals surface area (Å²) < 4.78 is 38.6. The smallest absolute Gasteiger partial charge is 0.319 e. The van der Waals surface area contributed by atoms with Crippen molar-refractivity contribution >= 4 is 16.1 Å². The van der Waals surface area contributed by atoms with Gasteiger partial charge in [0.25, 0.3) is 0 Å². The number of hydrogen-bond acceptors (Lipinski definition) is 5.